The quantitative estimate of drug-likeness (QED) is 0.492. The summed E-state index contributed by atoms with van der Waals surface area (Å²) >= 11 is 0. The number of rotatable bonds is 8. The maximum atomic E-state index is 12.8. The average molecular weight is 449 g/mol. The van der Waals surface area contributed by atoms with Gasteiger partial charge < -0.3 is 19.7 Å². The fourth-order valence-corrected chi connectivity index (χ4v) is 3.69. The van der Waals surface area contributed by atoms with Crippen LogP contribution in [0.1, 0.15) is 37.9 Å². The van der Waals surface area contributed by atoms with Crippen LogP contribution in [-0.4, -0.2) is 42.9 Å². The Kier molecular flexibility index (Phi) is 7.66. The van der Waals surface area contributed by atoms with Crippen molar-refractivity contribution in [1.29, 1.82) is 0 Å². The average Bonchev–Trinajstić information content (AvgIpc) is 3.07. The highest BCUT2D eigenvalue weighted by molar-refractivity contribution is 6.16. The van der Waals surface area contributed by atoms with E-state index in [1.54, 1.807) is 42.2 Å². The van der Waals surface area contributed by atoms with Gasteiger partial charge in [0, 0.05) is 12.2 Å². The Hall–Kier alpha value is -3.87. The first-order valence-electron chi connectivity index (χ1n) is 10.8. The molecule has 0 aromatic heterocycles. The van der Waals surface area contributed by atoms with Crippen molar-refractivity contribution >= 4 is 23.9 Å². The largest absolute Gasteiger partial charge is 0.484 e. The van der Waals surface area contributed by atoms with E-state index in [2.05, 4.69) is 5.32 Å². The van der Waals surface area contributed by atoms with E-state index in [4.69, 9.17) is 9.47 Å². The predicted octanol–water partition coefficient (Wildman–Crippen LogP) is 3.64. The molecule has 1 N–H and O–H groups in total. The highest BCUT2D eigenvalue weighted by atomic mass is 16.5. The van der Waals surface area contributed by atoms with Gasteiger partial charge in [0.15, 0.2) is 6.61 Å². The molecule has 172 valence electrons. The first kappa shape index (κ1) is 23.8. The summed E-state index contributed by atoms with van der Waals surface area (Å²) in [6.07, 6.45) is 1.66. The van der Waals surface area contributed by atoms with Gasteiger partial charge in [-0.3, -0.25) is 9.59 Å². The lowest BCUT2D eigenvalue weighted by Gasteiger charge is -2.14. The van der Waals surface area contributed by atoms with Crippen LogP contribution in [0, 0.1) is 0 Å². The second-order valence-corrected chi connectivity index (χ2v) is 7.62. The van der Waals surface area contributed by atoms with E-state index in [9.17, 15) is 14.4 Å². The highest BCUT2D eigenvalue weighted by Crippen LogP contribution is 2.31. The minimum atomic E-state index is -0.543. The Labute approximate surface area is 193 Å². The first-order valence-corrected chi connectivity index (χ1v) is 10.8. The van der Waals surface area contributed by atoms with Crippen molar-refractivity contribution in [1.82, 2.24) is 10.2 Å². The lowest BCUT2D eigenvalue weighted by Crippen LogP contribution is -2.31. The van der Waals surface area contributed by atoms with Gasteiger partial charge in [-0.2, -0.15) is 0 Å². The van der Waals surface area contributed by atoms with E-state index in [-0.39, 0.29) is 30.0 Å². The maximum absolute atomic E-state index is 12.8. The van der Waals surface area contributed by atoms with Crippen molar-refractivity contribution in [3.05, 3.63) is 82.6 Å². The van der Waals surface area contributed by atoms with Crippen molar-refractivity contribution in [2.24, 2.45) is 0 Å². The van der Waals surface area contributed by atoms with Gasteiger partial charge in [0.1, 0.15) is 5.75 Å². The van der Waals surface area contributed by atoms with Crippen LogP contribution in [0.15, 0.2) is 71.4 Å². The molecule has 3 rings (SSSR count). The minimum Gasteiger partial charge on any atom is -0.484 e. The normalized spacial score (nSPS) is 15.6. The third-order valence-corrected chi connectivity index (χ3v) is 5.46. The molecule has 0 radical (unpaired) electrons. The zero-order chi connectivity index (χ0) is 24.0. The molecule has 0 spiro atoms. The number of hydrogen-bond donors (Lipinski definition) is 1. The Balaban J connectivity index is 1.65. The maximum Gasteiger partial charge on any atom is 0.340 e. The van der Waals surface area contributed by atoms with Gasteiger partial charge in [-0.15, -0.1) is 0 Å². The third kappa shape index (κ3) is 5.49. The molecule has 2 aromatic rings. The van der Waals surface area contributed by atoms with Crippen molar-refractivity contribution in [2.45, 2.75) is 26.8 Å². The van der Waals surface area contributed by atoms with Crippen molar-refractivity contribution in [3.8, 4) is 5.75 Å². The summed E-state index contributed by atoms with van der Waals surface area (Å²) in [5.74, 6) is -0.483. The summed E-state index contributed by atoms with van der Waals surface area (Å²) in [5, 5.41) is 2.90. The van der Waals surface area contributed by atoms with Gasteiger partial charge in [0.25, 0.3) is 11.8 Å². The van der Waals surface area contributed by atoms with Crippen LogP contribution < -0.4 is 10.1 Å². The molecule has 0 unspecified atom stereocenters. The lowest BCUT2D eigenvalue weighted by atomic mass is 10.0. The molecule has 2 aromatic carbocycles. The summed E-state index contributed by atoms with van der Waals surface area (Å²) in [6.45, 7) is 5.84. The molecule has 33 heavy (non-hydrogen) atoms. The van der Waals surface area contributed by atoms with E-state index in [1.165, 1.54) is 7.11 Å². The molecule has 1 aliphatic heterocycles. The molecule has 0 saturated heterocycles. The Morgan fingerprint density at radius 3 is 2.36 bits per heavy atom. The van der Waals surface area contributed by atoms with Gasteiger partial charge in [-0.05, 0) is 50.1 Å². The number of likely N-dealkylation sites (N-methyl/N-ethyl adjacent to an activating group) is 1. The van der Waals surface area contributed by atoms with Gasteiger partial charge in [0.05, 0.1) is 24.3 Å². The summed E-state index contributed by atoms with van der Waals surface area (Å²) in [7, 11) is 1.29. The zero-order valence-electron chi connectivity index (χ0n) is 19.3. The van der Waals surface area contributed by atoms with E-state index < -0.39 is 5.97 Å². The number of carbonyl (C=O) groups excluding carboxylic acids is 3. The number of nitrogens with zero attached hydrogens (tertiary/aromatic N) is 1. The number of carbonyl (C=O) groups is 3. The van der Waals surface area contributed by atoms with E-state index in [0.717, 1.165) is 11.1 Å². The molecule has 1 heterocycles. The van der Waals surface area contributed by atoms with Crippen LogP contribution >= 0.6 is 0 Å². The molecule has 1 aliphatic rings. The topological polar surface area (TPSA) is 84.9 Å². The monoisotopic (exact) mass is 448 g/mol. The van der Waals surface area contributed by atoms with Gasteiger partial charge in [-0.1, -0.05) is 42.5 Å². The third-order valence-electron chi connectivity index (χ3n) is 5.46. The number of benzene rings is 2. The lowest BCUT2D eigenvalue weighted by molar-refractivity contribution is -0.136. The van der Waals surface area contributed by atoms with Crippen LogP contribution in [0.3, 0.4) is 0 Å². The Morgan fingerprint density at radius 1 is 1.09 bits per heavy atom. The van der Waals surface area contributed by atoms with Crippen molar-refractivity contribution in [2.75, 3.05) is 20.3 Å². The number of amides is 2. The molecule has 7 nitrogen and oxygen atoms in total. The van der Waals surface area contributed by atoms with Crippen molar-refractivity contribution in [3.63, 3.8) is 0 Å². The summed E-state index contributed by atoms with van der Waals surface area (Å²) < 4.78 is 10.5. The van der Waals surface area contributed by atoms with Crippen LogP contribution in [0.2, 0.25) is 0 Å². The minimum absolute atomic E-state index is 0.115. The number of ether oxygens (including phenoxy) is 2. The van der Waals surface area contributed by atoms with Crippen molar-refractivity contribution < 1.29 is 23.9 Å². The van der Waals surface area contributed by atoms with E-state index >= 15 is 0 Å². The number of nitrogens with one attached hydrogen (secondary N) is 1. The molecule has 0 fully saturated rings. The number of methoxy groups -OCH3 is 1. The first-order chi connectivity index (χ1) is 15.8. The number of esters is 1. The smallest absolute Gasteiger partial charge is 0.340 e. The fourth-order valence-electron chi connectivity index (χ4n) is 3.69. The summed E-state index contributed by atoms with van der Waals surface area (Å²) in [5.41, 5.74) is 2.89. The fraction of sp³-hybridized carbons (Fsp3) is 0.269. The molecule has 7 heteroatoms. The molecule has 2 amide bonds. The summed E-state index contributed by atoms with van der Waals surface area (Å²) in [4.78, 5) is 38.8. The zero-order valence-corrected chi connectivity index (χ0v) is 19.3. The van der Waals surface area contributed by atoms with Crippen LogP contribution in [-0.2, 0) is 19.1 Å². The number of allylic oxidation sites excluding steroid dienone is 1. The van der Waals surface area contributed by atoms with E-state index in [1.807, 2.05) is 44.2 Å². The SMILES string of the molecule is CCN1C(=O)/C(=C\c2ccc(OCC(=O)N[C@H](C)c3ccccc3)cc2)C(C(=O)OC)=C1C. The highest BCUT2D eigenvalue weighted by Gasteiger charge is 2.36. The molecular weight excluding hydrogens is 420 g/mol. The van der Waals surface area contributed by atoms with E-state index in [0.29, 0.717) is 23.6 Å². The predicted molar refractivity (Wildman–Crippen MR) is 125 cm³/mol. The standard InChI is InChI=1S/C26H28N2O5/c1-5-28-18(3)24(26(31)32-4)22(25(28)30)15-19-11-13-21(14-12-19)33-16-23(29)27-17(2)20-9-7-6-8-10-20/h6-15,17H,5,16H2,1-4H3,(H,27,29)/b22-15-/t17-/m1/s1. The Morgan fingerprint density at radius 2 is 1.76 bits per heavy atom. The van der Waals surface area contributed by atoms with Gasteiger partial charge >= 0.3 is 5.97 Å². The van der Waals surface area contributed by atoms with Gasteiger partial charge in [-0.25, -0.2) is 4.79 Å². The summed E-state index contributed by atoms with van der Waals surface area (Å²) in [6, 6.07) is 16.5. The molecule has 0 bridgehead atoms. The molecule has 1 atom stereocenters. The van der Waals surface area contributed by atoms with Crippen LogP contribution in [0.5, 0.6) is 5.75 Å². The molecule has 0 aliphatic carbocycles. The van der Waals surface area contributed by atoms with Crippen LogP contribution in [0.25, 0.3) is 6.08 Å². The molecular formula is C26H28N2O5. The Bertz CT molecular complexity index is 1090. The number of hydrogen-bond acceptors (Lipinski definition) is 5. The second kappa shape index (κ2) is 10.6. The second-order valence-electron chi connectivity index (χ2n) is 7.62. The molecule has 0 saturated carbocycles. The van der Waals surface area contributed by atoms with Crippen LogP contribution in [0.4, 0.5) is 0 Å². The van der Waals surface area contributed by atoms with Gasteiger partial charge in [0.2, 0.25) is 0 Å².